The van der Waals surface area contributed by atoms with Crippen LogP contribution >= 0.6 is 0 Å². The first-order chi connectivity index (χ1) is 9.88. The number of hydrogen-bond donors (Lipinski definition) is 0. The summed E-state index contributed by atoms with van der Waals surface area (Å²) < 4.78 is 37.3. The molecule has 0 spiro atoms. The van der Waals surface area contributed by atoms with E-state index in [0.717, 1.165) is 12.1 Å². The van der Waals surface area contributed by atoms with Gasteiger partial charge in [0.05, 0.1) is 16.1 Å². The Morgan fingerprint density at radius 2 is 1.57 bits per heavy atom. The van der Waals surface area contributed by atoms with E-state index in [2.05, 4.69) is 0 Å². The third kappa shape index (κ3) is 3.68. The molecule has 0 atom stereocenters. The highest BCUT2D eigenvalue weighted by atomic mass is 19.4. The Kier molecular flexibility index (Phi) is 4.07. The summed E-state index contributed by atoms with van der Waals surface area (Å²) in [6.07, 6.45) is -1.34. The van der Waals surface area contributed by atoms with Crippen molar-refractivity contribution in [1.82, 2.24) is 0 Å². The van der Waals surface area contributed by atoms with E-state index in [1.54, 1.807) is 18.2 Å². The van der Waals surface area contributed by atoms with Crippen molar-refractivity contribution in [3.8, 4) is 0 Å². The number of hydrogen-bond acceptors (Lipinski definition) is 2. The fourth-order valence-corrected chi connectivity index (χ4v) is 1.76. The molecule has 0 aliphatic heterocycles. The van der Waals surface area contributed by atoms with Gasteiger partial charge in [-0.2, -0.15) is 13.2 Å². The smallest absolute Gasteiger partial charge is 0.258 e. The summed E-state index contributed by atoms with van der Waals surface area (Å²) in [4.78, 5) is 10.3. The zero-order chi connectivity index (χ0) is 15.5. The minimum Gasteiger partial charge on any atom is -0.258 e. The topological polar surface area (TPSA) is 43.1 Å². The lowest BCUT2D eigenvalue weighted by molar-refractivity contribution is -0.385. The van der Waals surface area contributed by atoms with E-state index in [1.807, 2.05) is 0 Å². The molecule has 108 valence electrons. The van der Waals surface area contributed by atoms with Gasteiger partial charge in [-0.3, -0.25) is 10.1 Å². The monoisotopic (exact) mass is 293 g/mol. The van der Waals surface area contributed by atoms with Crippen LogP contribution in [0.1, 0.15) is 16.7 Å². The third-order valence-electron chi connectivity index (χ3n) is 2.83. The van der Waals surface area contributed by atoms with E-state index in [4.69, 9.17) is 0 Å². The Bertz CT molecular complexity index is 676. The van der Waals surface area contributed by atoms with Crippen LogP contribution in [0.5, 0.6) is 0 Å². The van der Waals surface area contributed by atoms with Crippen LogP contribution in [-0.4, -0.2) is 4.92 Å². The van der Waals surface area contributed by atoms with E-state index in [1.165, 1.54) is 30.4 Å². The molecule has 0 aromatic heterocycles. The molecule has 0 bridgehead atoms. The van der Waals surface area contributed by atoms with Gasteiger partial charge in [-0.15, -0.1) is 0 Å². The van der Waals surface area contributed by atoms with E-state index in [-0.39, 0.29) is 5.69 Å². The first kappa shape index (κ1) is 14.8. The lowest BCUT2D eigenvalue weighted by Crippen LogP contribution is -2.03. The second-order valence-corrected chi connectivity index (χ2v) is 4.27. The van der Waals surface area contributed by atoms with Gasteiger partial charge in [0.1, 0.15) is 0 Å². The standard InChI is InChI=1S/C15H10F3NO2/c16-15(17,18)13-9-6-11(7-10-13)5-8-12-3-1-2-4-14(12)19(20)21/h1-10H/b8-5+. The van der Waals surface area contributed by atoms with Gasteiger partial charge in [-0.1, -0.05) is 30.3 Å². The average molecular weight is 293 g/mol. The van der Waals surface area contributed by atoms with E-state index in [9.17, 15) is 23.3 Å². The van der Waals surface area contributed by atoms with Crippen LogP contribution in [0.2, 0.25) is 0 Å². The largest absolute Gasteiger partial charge is 0.416 e. The molecule has 2 aromatic carbocycles. The number of nitro groups is 1. The molecule has 0 fully saturated rings. The Labute approximate surface area is 118 Å². The van der Waals surface area contributed by atoms with Gasteiger partial charge in [0.25, 0.3) is 5.69 Å². The molecule has 2 rings (SSSR count). The SMILES string of the molecule is O=[N+]([O-])c1ccccc1/C=C/c1ccc(C(F)(F)F)cc1. The van der Waals surface area contributed by atoms with E-state index in [0.29, 0.717) is 11.1 Å². The van der Waals surface area contributed by atoms with Crippen LogP contribution in [0, 0.1) is 10.1 Å². The molecular weight excluding hydrogens is 283 g/mol. The number of alkyl halides is 3. The van der Waals surface area contributed by atoms with Crippen molar-refractivity contribution in [2.45, 2.75) is 6.18 Å². The lowest BCUT2D eigenvalue weighted by atomic mass is 10.1. The van der Waals surface area contributed by atoms with Gasteiger partial charge in [-0.25, -0.2) is 0 Å². The third-order valence-corrected chi connectivity index (χ3v) is 2.83. The van der Waals surface area contributed by atoms with Crippen molar-refractivity contribution in [3.63, 3.8) is 0 Å². The summed E-state index contributed by atoms with van der Waals surface area (Å²) >= 11 is 0. The number of benzene rings is 2. The molecule has 0 heterocycles. The van der Waals surface area contributed by atoms with Crippen molar-refractivity contribution < 1.29 is 18.1 Å². The van der Waals surface area contributed by atoms with E-state index < -0.39 is 16.7 Å². The first-order valence-electron chi connectivity index (χ1n) is 5.97. The van der Waals surface area contributed by atoms with Crippen LogP contribution < -0.4 is 0 Å². The molecule has 0 amide bonds. The summed E-state index contributed by atoms with van der Waals surface area (Å²) in [6.45, 7) is 0. The summed E-state index contributed by atoms with van der Waals surface area (Å²) in [7, 11) is 0. The van der Waals surface area contributed by atoms with Gasteiger partial charge < -0.3 is 0 Å². The van der Waals surface area contributed by atoms with Crippen molar-refractivity contribution >= 4 is 17.8 Å². The Morgan fingerprint density at radius 1 is 0.952 bits per heavy atom. The molecule has 6 heteroatoms. The highest BCUT2D eigenvalue weighted by Gasteiger charge is 2.29. The van der Waals surface area contributed by atoms with Crippen molar-refractivity contribution in [3.05, 3.63) is 75.3 Å². The predicted molar refractivity (Wildman–Crippen MR) is 73.5 cm³/mol. The van der Waals surface area contributed by atoms with Gasteiger partial charge in [-0.05, 0) is 29.8 Å². The number of nitrogens with zero attached hydrogens (tertiary/aromatic N) is 1. The van der Waals surface area contributed by atoms with E-state index >= 15 is 0 Å². The summed E-state index contributed by atoms with van der Waals surface area (Å²) in [5.41, 5.74) is 0.134. The second-order valence-electron chi connectivity index (χ2n) is 4.27. The molecule has 0 unspecified atom stereocenters. The molecule has 0 N–H and O–H groups in total. The maximum atomic E-state index is 12.4. The van der Waals surface area contributed by atoms with Crippen molar-refractivity contribution in [2.24, 2.45) is 0 Å². The molecule has 0 saturated heterocycles. The Balaban J connectivity index is 2.24. The average Bonchev–Trinajstić information content (AvgIpc) is 2.45. The summed E-state index contributed by atoms with van der Waals surface area (Å²) in [5, 5.41) is 10.8. The molecule has 0 saturated carbocycles. The molecule has 0 aliphatic carbocycles. The van der Waals surface area contributed by atoms with Gasteiger partial charge >= 0.3 is 6.18 Å². The van der Waals surface area contributed by atoms with Crippen LogP contribution in [0.25, 0.3) is 12.2 Å². The minimum absolute atomic E-state index is 0.0549. The first-order valence-corrected chi connectivity index (χ1v) is 5.97. The van der Waals surface area contributed by atoms with Crippen LogP contribution in [0.3, 0.4) is 0 Å². The molecular formula is C15H10F3NO2. The lowest BCUT2D eigenvalue weighted by Gasteiger charge is -2.05. The van der Waals surface area contributed by atoms with Gasteiger partial charge in [0.15, 0.2) is 0 Å². The van der Waals surface area contributed by atoms with Crippen LogP contribution in [-0.2, 0) is 6.18 Å². The fourth-order valence-electron chi connectivity index (χ4n) is 1.76. The zero-order valence-corrected chi connectivity index (χ0v) is 10.7. The predicted octanol–water partition coefficient (Wildman–Crippen LogP) is 4.78. The minimum atomic E-state index is -4.37. The normalized spacial score (nSPS) is 11.8. The van der Waals surface area contributed by atoms with Gasteiger partial charge in [0.2, 0.25) is 0 Å². The Morgan fingerprint density at radius 3 is 2.14 bits per heavy atom. The molecule has 3 nitrogen and oxygen atoms in total. The molecule has 21 heavy (non-hydrogen) atoms. The number of nitro benzene ring substituents is 1. The number of rotatable bonds is 3. The highest BCUT2D eigenvalue weighted by Crippen LogP contribution is 2.29. The second kappa shape index (κ2) is 5.78. The molecule has 0 aliphatic rings. The van der Waals surface area contributed by atoms with Crippen molar-refractivity contribution in [2.75, 3.05) is 0 Å². The maximum absolute atomic E-state index is 12.4. The zero-order valence-electron chi connectivity index (χ0n) is 10.7. The fraction of sp³-hybridized carbons (Fsp3) is 0.0667. The molecule has 0 radical (unpaired) electrons. The highest BCUT2D eigenvalue weighted by molar-refractivity contribution is 5.74. The molecule has 2 aromatic rings. The maximum Gasteiger partial charge on any atom is 0.416 e. The van der Waals surface area contributed by atoms with Crippen LogP contribution in [0.4, 0.5) is 18.9 Å². The van der Waals surface area contributed by atoms with Gasteiger partial charge in [0, 0.05) is 6.07 Å². The summed E-state index contributed by atoms with van der Waals surface area (Å²) in [5.74, 6) is 0. The summed E-state index contributed by atoms with van der Waals surface area (Å²) in [6, 6.07) is 10.7. The van der Waals surface area contributed by atoms with Crippen molar-refractivity contribution in [1.29, 1.82) is 0 Å². The quantitative estimate of drug-likeness (QED) is 0.464. The Hall–Kier alpha value is -2.63. The number of para-hydroxylation sites is 1. The number of halogens is 3. The van der Waals surface area contributed by atoms with Crippen LogP contribution in [0.15, 0.2) is 48.5 Å².